The summed E-state index contributed by atoms with van der Waals surface area (Å²) >= 11 is 0. The zero-order valence-electron chi connectivity index (χ0n) is 13.0. The Hall–Kier alpha value is -2.00. The molecule has 0 aliphatic rings. The average molecular weight is 284 g/mol. The van der Waals surface area contributed by atoms with Gasteiger partial charge in [0, 0.05) is 31.4 Å². The van der Waals surface area contributed by atoms with Crippen LogP contribution < -0.4 is 15.4 Å². The summed E-state index contributed by atoms with van der Waals surface area (Å²) in [5.41, 5.74) is 9.96. The summed E-state index contributed by atoms with van der Waals surface area (Å²) in [5, 5.41) is 0. The van der Waals surface area contributed by atoms with Crippen molar-refractivity contribution in [1.82, 2.24) is 0 Å². The van der Waals surface area contributed by atoms with Crippen LogP contribution in [-0.4, -0.2) is 20.7 Å². The number of aryl methyl sites for hydroxylation is 1. The molecule has 0 aromatic heterocycles. The quantitative estimate of drug-likeness (QED) is 0.882. The van der Waals surface area contributed by atoms with Crippen LogP contribution in [0.1, 0.15) is 23.6 Å². The third-order valence-corrected chi connectivity index (χ3v) is 3.86. The maximum atomic E-state index is 6.33. The largest absolute Gasteiger partial charge is 0.497 e. The van der Waals surface area contributed by atoms with Crippen molar-refractivity contribution in [3.05, 3.63) is 59.7 Å². The Balaban J connectivity index is 1.97. The fourth-order valence-electron chi connectivity index (χ4n) is 2.47. The van der Waals surface area contributed by atoms with E-state index in [1.165, 1.54) is 11.1 Å². The van der Waals surface area contributed by atoms with Gasteiger partial charge in [-0.2, -0.15) is 0 Å². The Kier molecular flexibility index (Phi) is 5.23. The van der Waals surface area contributed by atoms with Crippen molar-refractivity contribution in [2.75, 3.05) is 25.6 Å². The number of benzene rings is 2. The highest BCUT2D eigenvalue weighted by atomic mass is 16.5. The Labute approximate surface area is 127 Å². The van der Waals surface area contributed by atoms with E-state index in [0.29, 0.717) is 0 Å². The molecule has 0 aliphatic heterocycles. The van der Waals surface area contributed by atoms with Gasteiger partial charge in [0.2, 0.25) is 0 Å². The Bertz CT molecular complexity index is 583. The molecule has 2 aromatic carbocycles. The molecule has 3 nitrogen and oxygen atoms in total. The van der Waals surface area contributed by atoms with Crippen molar-refractivity contribution in [3.8, 4) is 5.75 Å². The van der Waals surface area contributed by atoms with Crippen LogP contribution in [0.25, 0.3) is 0 Å². The topological polar surface area (TPSA) is 38.5 Å². The standard InChI is InChI=1S/C18H24N2O/c1-14-7-4-5-10-17(14)18(19)11-12-20(2)15-8-6-9-16(13-15)21-3/h4-10,13,18H,11-12,19H2,1-3H3. The van der Waals surface area contributed by atoms with Gasteiger partial charge in [-0.15, -0.1) is 0 Å². The van der Waals surface area contributed by atoms with Crippen LogP contribution in [0.4, 0.5) is 5.69 Å². The molecule has 0 saturated heterocycles. The lowest BCUT2D eigenvalue weighted by Gasteiger charge is -2.22. The smallest absolute Gasteiger partial charge is 0.120 e. The minimum atomic E-state index is 0.0688. The molecule has 2 rings (SSSR count). The molecule has 0 bridgehead atoms. The van der Waals surface area contributed by atoms with E-state index in [1.54, 1.807) is 7.11 Å². The predicted octanol–water partition coefficient (Wildman–Crippen LogP) is 3.53. The summed E-state index contributed by atoms with van der Waals surface area (Å²) < 4.78 is 5.26. The summed E-state index contributed by atoms with van der Waals surface area (Å²) in [6.07, 6.45) is 0.915. The van der Waals surface area contributed by atoms with Gasteiger partial charge in [0.05, 0.1) is 7.11 Å². The van der Waals surface area contributed by atoms with Crippen molar-refractivity contribution >= 4 is 5.69 Å². The molecule has 1 atom stereocenters. The highest BCUT2D eigenvalue weighted by Gasteiger charge is 2.10. The van der Waals surface area contributed by atoms with E-state index in [9.17, 15) is 0 Å². The fraction of sp³-hybridized carbons (Fsp3) is 0.333. The van der Waals surface area contributed by atoms with E-state index in [4.69, 9.17) is 10.5 Å². The van der Waals surface area contributed by atoms with Gasteiger partial charge < -0.3 is 15.4 Å². The first-order valence-electron chi connectivity index (χ1n) is 7.28. The monoisotopic (exact) mass is 284 g/mol. The summed E-state index contributed by atoms with van der Waals surface area (Å²) in [7, 11) is 3.77. The van der Waals surface area contributed by atoms with Crippen molar-refractivity contribution in [3.63, 3.8) is 0 Å². The third kappa shape index (κ3) is 3.99. The zero-order chi connectivity index (χ0) is 15.2. The van der Waals surface area contributed by atoms with E-state index in [0.717, 1.165) is 24.4 Å². The van der Waals surface area contributed by atoms with Gasteiger partial charge in [-0.1, -0.05) is 30.3 Å². The number of nitrogens with zero attached hydrogens (tertiary/aromatic N) is 1. The van der Waals surface area contributed by atoms with Crippen molar-refractivity contribution in [2.45, 2.75) is 19.4 Å². The number of anilines is 1. The lowest BCUT2D eigenvalue weighted by Crippen LogP contribution is -2.23. The second-order valence-electron chi connectivity index (χ2n) is 5.37. The first-order chi connectivity index (χ1) is 10.1. The maximum absolute atomic E-state index is 6.33. The van der Waals surface area contributed by atoms with Crippen LogP contribution in [0.2, 0.25) is 0 Å². The highest BCUT2D eigenvalue weighted by Crippen LogP contribution is 2.22. The summed E-state index contributed by atoms with van der Waals surface area (Å²) in [4.78, 5) is 2.21. The second kappa shape index (κ2) is 7.14. The minimum absolute atomic E-state index is 0.0688. The van der Waals surface area contributed by atoms with Gasteiger partial charge >= 0.3 is 0 Å². The van der Waals surface area contributed by atoms with Gasteiger partial charge in [0.1, 0.15) is 5.75 Å². The summed E-state index contributed by atoms with van der Waals surface area (Å²) in [6.45, 7) is 3.02. The van der Waals surface area contributed by atoms with Crippen LogP contribution in [0, 0.1) is 6.92 Å². The minimum Gasteiger partial charge on any atom is -0.497 e. The molecular formula is C18H24N2O. The first kappa shape index (κ1) is 15.4. The van der Waals surface area contributed by atoms with Crippen LogP contribution in [0.3, 0.4) is 0 Å². The molecule has 0 saturated carbocycles. The van der Waals surface area contributed by atoms with E-state index >= 15 is 0 Å². The van der Waals surface area contributed by atoms with Crippen LogP contribution >= 0.6 is 0 Å². The van der Waals surface area contributed by atoms with E-state index in [-0.39, 0.29) is 6.04 Å². The number of nitrogens with two attached hydrogens (primary N) is 1. The Morgan fingerprint density at radius 1 is 1.14 bits per heavy atom. The van der Waals surface area contributed by atoms with Crippen LogP contribution in [0.15, 0.2) is 48.5 Å². The van der Waals surface area contributed by atoms with Crippen molar-refractivity contribution in [1.29, 1.82) is 0 Å². The second-order valence-corrected chi connectivity index (χ2v) is 5.37. The number of rotatable bonds is 6. The number of methoxy groups -OCH3 is 1. The molecule has 21 heavy (non-hydrogen) atoms. The summed E-state index contributed by atoms with van der Waals surface area (Å²) in [5.74, 6) is 0.877. The molecule has 0 heterocycles. The molecule has 112 valence electrons. The van der Waals surface area contributed by atoms with Gasteiger partial charge in [-0.25, -0.2) is 0 Å². The van der Waals surface area contributed by atoms with Crippen LogP contribution in [-0.2, 0) is 0 Å². The lowest BCUT2D eigenvalue weighted by atomic mass is 9.99. The molecule has 0 amide bonds. The number of ether oxygens (including phenoxy) is 1. The molecule has 0 spiro atoms. The molecule has 2 N–H and O–H groups in total. The third-order valence-electron chi connectivity index (χ3n) is 3.86. The lowest BCUT2D eigenvalue weighted by molar-refractivity contribution is 0.415. The average Bonchev–Trinajstić information content (AvgIpc) is 2.52. The van der Waals surface area contributed by atoms with Gasteiger partial charge in [-0.05, 0) is 36.6 Å². The maximum Gasteiger partial charge on any atom is 0.120 e. The predicted molar refractivity (Wildman–Crippen MR) is 89.0 cm³/mol. The van der Waals surface area contributed by atoms with Gasteiger partial charge in [0.25, 0.3) is 0 Å². The summed E-state index contributed by atoms with van der Waals surface area (Å²) in [6, 6.07) is 16.5. The van der Waals surface area contributed by atoms with E-state index in [2.05, 4.69) is 37.1 Å². The normalized spacial score (nSPS) is 12.0. The molecule has 0 radical (unpaired) electrons. The fourth-order valence-corrected chi connectivity index (χ4v) is 2.47. The zero-order valence-corrected chi connectivity index (χ0v) is 13.0. The van der Waals surface area contributed by atoms with Crippen molar-refractivity contribution in [2.24, 2.45) is 5.73 Å². The van der Waals surface area contributed by atoms with Crippen molar-refractivity contribution < 1.29 is 4.74 Å². The Morgan fingerprint density at radius 3 is 2.62 bits per heavy atom. The number of hydrogen-bond acceptors (Lipinski definition) is 3. The SMILES string of the molecule is COc1cccc(N(C)CCC(N)c2ccccc2C)c1. The number of hydrogen-bond donors (Lipinski definition) is 1. The van der Waals surface area contributed by atoms with E-state index in [1.807, 2.05) is 30.3 Å². The molecule has 2 aromatic rings. The molecule has 1 unspecified atom stereocenters. The van der Waals surface area contributed by atoms with Gasteiger partial charge in [0.15, 0.2) is 0 Å². The van der Waals surface area contributed by atoms with Gasteiger partial charge in [-0.3, -0.25) is 0 Å². The molecule has 0 fully saturated rings. The van der Waals surface area contributed by atoms with E-state index < -0.39 is 0 Å². The highest BCUT2D eigenvalue weighted by molar-refractivity contribution is 5.50. The molecule has 0 aliphatic carbocycles. The van der Waals surface area contributed by atoms with Crippen LogP contribution in [0.5, 0.6) is 5.75 Å². The Morgan fingerprint density at radius 2 is 1.90 bits per heavy atom. The first-order valence-corrected chi connectivity index (χ1v) is 7.28. The molecular weight excluding hydrogens is 260 g/mol. The molecule has 3 heteroatoms.